The summed E-state index contributed by atoms with van der Waals surface area (Å²) in [6.45, 7) is 6.04. The Balaban J connectivity index is 1.96. The first-order chi connectivity index (χ1) is 15.4. The first-order valence-electron chi connectivity index (χ1n) is 10.5. The van der Waals surface area contributed by atoms with Crippen molar-refractivity contribution >= 4 is 29.1 Å². The van der Waals surface area contributed by atoms with Crippen LogP contribution in [0.3, 0.4) is 0 Å². The number of hydrogen-bond acceptors (Lipinski definition) is 6. The molecule has 2 aliphatic rings. The molecule has 0 fully saturated rings. The van der Waals surface area contributed by atoms with Crippen molar-refractivity contribution in [3.63, 3.8) is 0 Å². The number of esters is 1. The molecule has 166 valence electrons. The number of benzene rings is 2. The highest BCUT2D eigenvalue weighted by Gasteiger charge is 2.43. The van der Waals surface area contributed by atoms with Crippen LogP contribution >= 0.6 is 11.6 Å². The van der Waals surface area contributed by atoms with Crippen molar-refractivity contribution in [2.24, 2.45) is 0 Å². The van der Waals surface area contributed by atoms with Gasteiger partial charge in [0.2, 0.25) is 0 Å². The molecule has 0 bridgehead atoms. The molecule has 2 aromatic carbocycles. The number of Topliss-reactive ketones (excluding diaryl/α,β-unsaturated/α-hetero) is 1. The molecular weight excluding hydrogens is 430 g/mol. The lowest BCUT2D eigenvalue weighted by atomic mass is 9.79. The molecule has 6 nitrogen and oxygen atoms in total. The molecule has 1 aliphatic heterocycles. The minimum absolute atomic E-state index is 0.132. The molecule has 4 rings (SSSR count). The molecule has 32 heavy (non-hydrogen) atoms. The maximum Gasteiger partial charge on any atom is 0.336 e. The third kappa shape index (κ3) is 3.45. The Labute approximate surface area is 191 Å². The van der Waals surface area contributed by atoms with E-state index in [1.54, 1.807) is 25.1 Å². The van der Waals surface area contributed by atoms with Crippen LogP contribution in [-0.2, 0) is 9.53 Å². The molecule has 1 heterocycles. The van der Waals surface area contributed by atoms with Gasteiger partial charge in [0.05, 0.1) is 36.6 Å². The summed E-state index contributed by atoms with van der Waals surface area (Å²) < 4.78 is 16.5. The number of allylic oxidation sites excluding steroid dienone is 2. The smallest absolute Gasteiger partial charge is 0.336 e. The largest absolute Gasteiger partial charge is 0.491 e. The van der Waals surface area contributed by atoms with Crippen molar-refractivity contribution in [2.45, 2.75) is 26.7 Å². The predicted molar refractivity (Wildman–Crippen MR) is 122 cm³/mol. The maximum atomic E-state index is 13.5. The molecule has 0 spiro atoms. The van der Waals surface area contributed by atoms with Crippen molar-refractivity contribution in [1.29, 1.82) is 0 Å². The molecule has 0 unspecified atom stereocenters. The molecule has 0 saturated carbocycles. The molecule has 7 heteroatoms. The first-order valence-corrected chi connectivity index (χ1v) is 10.8. The quantitative estimate of drug-likeness (QED) is 0.628. The van der Waals surface area contributed by atoms with E-state index in [1.165, 1.54) is 7.11 Å². The second-order valence-corrected chi connectivity index (χ2v) is 7.85. The van der Waals surface area contributed by atoms with Gasteiger partial charge in [-0.25, -0.2) is 4.79 Å². The van der Waals surface area contributed by atoms with Gasteiger partial charge in [-0.2, -0.15) is 0 Å². The summed E-state index contributed by atoms with van der Waals surface area (Å²) in [5, 5.41) is 3.61. The summed E-state index contributed by atoms with van der Waals surface area (Å²) in [4.78, 5) is 26.5. The van der Waals surface area contributed by atoms with Crippen LogP contribution in [0.2, 0.25) is 5.02 Å². The van der Waals surface area contributed by atoms with E-state index >= 15 is 0 Å². The van der Waals surface area contributed by atoms with E-state index in [1.807, 2.05) is 32.0 Å². The van der Waals surface area contributed by atoms with Crippen LogP contribution in [0, 0.1) is 0 Å². The van der Waals surface area contributed by atoms with Gasteiger partial charge in [0.15, 0.2) is 17.3 Å². The number of fused-ring (bicyclic) bond motifs is 2. The third-order valence-corrected chi connectivity index (χ3v) is 5.89. The molecule has 1 atom stereocenters. The molecular formula is C25H24ClNO5. The summed E-state index contributed by atoms with van der Waals surface area (Å²) in [5.41, 5.74) is 4.24. The number of dihydropyridines is 1. The van der Waals surface area contributed by atoms with Crippen LogP contribution in [-0.4, -0.2) is 32.1 Å². The van der Waals surface area contributed by atoms with Gasteiger partial charge in [-0.15, -0.1) is 0 Å². The lowest BCUT2D eigenvalue weighted by Crippen LogP contribution is -2.29. The van der Waals surface area contributed by atoms with E-state index in [-0.39, 0.29) is 12.4 Å². The van der Waals surface area contributed by atoms with Crippen LogP contribution in [0.5, 0.6) is 11.5 Å². The fourth-order valence-corrected chi connectivity index (χ4v) is 4.65. The van der Waals surface area contributed by atoms with Gasteiger partial charge >= 0.3 is 5.97 Å². The van der Waals surface area contributed by atoms with Crippen LogP contribution < -0.4 is 14.8 Å². The minimum Gasteiger partial charge on any atom is -0.491 e. The van der Waals surface area contributed by atoms with Gasteiger partial charge in [-0.3, -0.25) is 4.79 Å². The van der Waals surface area contributed by atoms with Gasteiger partial charge in [0, 0.05) is 28.3 Å². The zero-order valence-corrected chi connectivity index (χ0v) is 19.1. The van der Waals surface area contributed by atoms with E-state index in [0.717, 1.165) is 5.56 Å². The van der Waals surface area contributed by atoms with Crippen molar-refractivity contribution in [2.75, 3.05) is 20.3 Å². The van der Waals surface area contributed by atoms with Crippen molar-refractivity contribution in [1.82, 2.24) is 5.32 Å². The van der Waals surface area contributed by atoms with E-state index < -0.39 is 11.9 Å². The standard InChI is InChI=1S/C25H24ClNO5/c1-5-31-18-12-14(11-17(26)24(18)30-4)20-19(25(29)32-6-2)13(3)27-22-15-9-7-8-10-16(15)23(28)21(20)22/h7-12,20,27H,5-6H2,1-4H3/t20-/m1/s1. The summed E-state index contributed by atoms with van der Waals surface area (Å²) in [7, 11) is 1.51. The Bertz CT molecular complexity index is 1180. The average molecular weight is 454 g/mol. The van der Waals surface area contributed by atoms with Crippen LogP contribution in [0.15, 0.2) is 53.2 Å². The molecule has 2 aromatic rings. The van der Waals surface area contributed by atoms with Gasteiger partial charge in [0.25, 0.3) is 0 Å². The normalized spacial score (nSPS) is 17.0. The van der Waals surface area contributed by atoms with Crippen molar-refractivity contribution < 1.29 is 23.8 Å². The summed E-state index contributed by atoms with van der Waals surface area (Å²) in [6, 6.07) is 10.9. The first kappa shape index (κ1) is 22.0. The number of carbonyl (C=O) groups excluding carboxylic acids is 2. The van der Waals surface area contributed by atoms with E-state index in [0.29, 0.717) is 56.8 Å². The predicted octanol–water partition coefficient (Wildman–Crippen LogP) is 4.88. The second kappa shape index (κ2) is 8.71. The molecule has 0 aromatic heterocycles. The van der Waals surface area contributed by atoms with Crippen LogP contribution in [0.4, 0.5) is 0 Å². The fraction of sp³-hybridized carbons (Fsp3) is 0.280. The van der Waals surface area contributed by atoms with Crippen LogP contribution in [0.25, 0.3) is 5.70 Å². The number of ketones is 1. The SMILES string of the molecule is CCOC(=O)C1=C(C)NC2=C(C(=O)c3ccccc32)[C@@H]1c1cc(Cl)c(OC)c(OCC)c1. The number of carbonyl (C=O) groups is 2. The zero-order chi connectivity index (χ0) is 23.0. The number of hydrogen-bond donors (Lipinski definition) is 1. The highest BCUT2D eigenvalue weighted by molar-refractivity contribution is 6.32. The summed E-state index contributed by atoms with van der Waals surface area (Å²) in [6.07, 6.45) is 0. The van der Waals surface area contributed by atoms with E-state index in [4.69, 9.17) is 25.8 Å². The Morgan fingerprint density at radius 2 is 1.84 bits per heavy atom. The summed E-state index contributed by atoms with van der Waals surface area (Å²) >= 11 is 6.53. The lowest BCUT2D eigenvalue weighted by molar-refractivity contribution is -0.138. The Hall–Kier alpha value is -3.25. The van der Waals surface area contributed by atoms with Crippen molar-refractivity contribution in [3.8, 4) is 11.5 Å². The molecule has 0 amide bonds. The van der Waals surface area contributed by atoms with E-state index in [2.05, 4.69) is 5.32 Å². The molecule has 0 saturated heterocycles. The zero-order valence-electron chi connectivity index (χ0n) is 18.4. The van der Waals surface area contributed by atoms with Gasteiger partial charge in [-0.05, 0) is 38.5 Å². The highest BCUT2D eigenvalue weighted by Crippen LogP contribution is 2.49. The van der Waals surface area contributed by atoms with Gasteiger partial charge < -0.3 is 19.5 Å². The lowest BCUT2D eigenvalue weighted by Gasteiger charge is -2.29. The van der Waals surface area contributed by atoms with Crippen LogP contribution in [0.1, 0.15) is 48.2 Å². The number of ether oxygens (including phenoxy) is 3. The maximum absolute atomic E-state index is 13.5. The van der Waals surface area contributed by atoms with E-state index in [9.17, 15) is 9.59 Å². The van der Waals surface area contributed by atoms with Gasteiger partial charge in [-0.1, -0.05) is 35.9 Å². The molecule has 1 aliphatic carbocycles. The number of rotatable bonds is 6. The highest BCUT2D eigenvalue weighted by atomic mass is 35.5. The Morgan fingerprint density at radius 1 is 1.12 bits per heavy atom. The molecule has 1 N–H and O–H groups in total. The van der Waals surface area contributed by atoms with Crippen molar-refractivity contribution in [3.05, 3.63) is 75.0 Å². The second-order valence-electron chi connectivity index (χ2n) is 7.45. The number of nitrogens with one attached hydrogen (secondary N) is 1. The number of methoxy groups -OCH3 is 1. The minimum atomic E-state index is -0.673. The fourth-order valence-electron chi connectivity index (χ4n) is 4.36. The average Bonchev–Trinajstić information content (AvgIpc) is 3.05. The molecule has 0 radical (unpaired) electrons. The number of halogens is 1. The summed E-state index contributed by atoms with van der Waals surface area (Å²) in [5.74, 6) is -0.440. The Morgan fingerprint density at radius 3 is 2.50 bits per heavy atom. The Kier molecular flexibility index (Phi) is 5.98. The topological polar surface area (TPSA) is 73.9 Å². The van der Waals surface area contributed by atoms with Gasteiger partial charge in [0.1, 0.15) is 0 Å². The monoisotopic (exact) mass is 453 g/mol. The third-order valence-electron chi connectivity index (χ3n) is 5.61.